The number of hydrogen-bond acceptors (Lipinski definition) is 5. The van der Waals surface area contributed by atoms with Crippen LogP contribution in [-0.2, 0) is 0 Å². The quantitative estimate of drug-likeness (QED) is 0.279. The number of aryl methyl sites for hydroxylation is 1. The van der Waals surface area contributed by atoms with E-state index in [-0.39, 0.29) is 5.91 Å². The molecule has 37 heavy (non-hydrogen) atoms. The first-order valence-corrected chi connectivity index (χ1v) is 11.9. The highest BCUT2D eigenvalue weighted by Crippen LogP contribution is 2.25. The highest BCUT2D eigenvalue weighted by atomic mass is 35.5. The molecule has 0 aliphatic heterocycles. The summed E-state index contributed by atoms with van der Waals surface area (Å²) in [7, 11) is 0. The average Bonchev–Trinajstić information content (AvgIpc) is 3.31. The third kappa shape index (κ3) is 4.37. The Bertz CT molecular complexity index is 1870. The molecule has 0 saturated carbocycles. The maximum Gasteiger partial charge on any atom is 0.344 e. The van der Waals surface area contributed by atoms with E-state index in [1.807, 2.05) is 43.3 Å². The maximum absolute atomic E-state index is 13.2. The van der Waals surface area contributed by atoms with Gasteiger partial charge in [0.15, 0.2) is 0 Å². The zero-order chi connectivity index (χ0) is 25.5. The van der Waals surface area contributed by atoms with Gasteiger partial charge in [-0.2, -0.15) is 4.80 Å². The van der Waals surface area contributed by atoms with Crippen molar-refractivity contribution in [3.63, 3.8) is 0 Å². The Balaban J connectivity index is 1.30. The molecule has 2 aromatic heterocycles. The zero-order valence-corrected chi connectivity index (χ0v) is 20.4. The average molecular weight is 507 g/mol. The van der Waals surface area contributed by atoms with Gasteiger partial charge < -0.3 is 9.73 Å². The molecule has 6 rings (SSSR count). The number of carbonyl (C=O) groups is 1. The number of para-hydroxylation sites is 1. The molecule has 0 spiro atoms. The van der Waals surface area contributed by atoms with E-state index in [0.29, 0.717) is 44.0 Å². The molecule has 4 aromatic carbocycles. The van der Waals surface area contributed by atoms with Crippen molar-refractivity contribution in [2.24, 2.45) is 0 Å². The molecule has 0 aliphatic rings. The van der Waals surface area contributed by atoms with Gasteiger partial charge in [-0.25, -0.2) is 4.79 Å². The summed E-state index contributed by atoms with van der Waals surface area (Å²) in [4.78, 5) is 27.3. The topological polar surface area (TPSA) is 90.0 Å². The molecule has 1 N–H and O–H groups in total. The molecule has 6 aromatic rings. The van der Waals surface area contributed by atoms with Crippen LogP contribution in [0, 0.1) is 6.92 Å². The number of benzene rings is 4. The van der Waals surface area contributed by atoms with Crippen molar-refractivity contribution in [2.45, 2.75) is 6.92 Å². The van der Waals surface area contributed by atoms with Crippen LogP contribution in [0.5, 0.6) is 0 Å². The van der Waals surface area contributed by atoms with Gasteiger partial charge in [0.2, 0.25) is 0 Å². The molecule has 180 valence electrons. The third-order valence-electron chi connectivity index (χ3n) is 6.11. The molecular formula is C29H19ClN4O3. The first-order valence-electron chi connectivity index (χ1n) is 11.5. The van der Waals surface area contributed by atoms with Crippen molar-refractivity contribution in [3.8, 4) is 16.8 Å². The van der Waals surface area contributed by atoms with Gasteiger partial charge in [0, 0.05) is 21.7 Å². The molecule has 0 aliphatic carbocycles. The molecule has 1 amide bonds. The van der Waals surface area contributed by atoms with Crippen LogP contribution in [0.25, 0.3) is 38.8 Å². The van der Waals surface area contributed by atoms with E-state index < -0.39 is 5.63 Å². The minimum Gasteiger partial charge on any atom is -0.422 e. The van der Waals surface area contributed by atoms with E-state index in [4.69, 9.17) is 16.0 Å². The third-order valence-corrected chi connectivity index (χ3v) is 6.36. The summed E-state index contributed by atoms with van der Waals surface area (Å²) in [5.74, 6) is -0.306. The number of fused-ring (bicyclic) bond motifs is 2. The summed E-state index contributed by atoms with van der Waals surface area (Å²) in [6.07, 6.45) is 0. The van der Waals surface area contributed by atoms with E-state index in [9.17, 15) is 9.59 Å². The number of nitrogens with one attached hydrogen (secondary N) is 1. The van der Waals surface area contributed by atoms with Gasteiger partial charge in [0.1, 0.15) is 16.6 Å². The van der Waals surface area contributed by atoms with E-state index in [1.165, 1.54) is 4.80 Å². The second-order valence-electron chi connectivity index (χ2n) is 8.64. The van der Waals surface area contributed by atoms with Crippen LogP contribution >= 0.6 is 11.6 Å². The molecule has 8 heteroatoms. The predicted molar refractivity (Wildman–Crippen MR) is 144 cm³/mol. The fraction of sp³-hybridized carbons (Fsp3) is 0.0345. The number of rotatable bonds is 4. The zero-order valence-electron chi connectivity index (χ0n) is 19.6. The standard InChI is InChI=1S/C29H19ClN4O3/c1-17-13-25-26(33-34(32-25)22-11-9-21(30)10-12-22)16-24(17)31-28(35)20-7-4-6-18(14-20)23-15-19-5-2-3-8-27(19)37-29(23)36/h2-16H,1H3,(H,31,35). The van der Waals surface area contributed by atoms with Gasteiger partial charge in [-0.1, -0.05) is 41.9 Å². The van der Waals surface area contributed by atoms with Crippen LogP contribution in [-0.4, -0.2) is 20.9 Å². The summed E-state index contributed by atoms with van der Waals surface area (Å²) in [6, 6.07) is 26.9. The fourth-order valence-electron chi connectivity index (χ4n) is 4.18. The highest BCUT2D eigenvalue weighted by molar-refractivity contribution is 6.30. The second-order valence-corrected chi connectivity index (χ2v) is 9.08. The predicted octanol–water partition coefficient (Wildman–Crippen LogP) is 6.41. The molecule has 0 radical (unpaired) electrons. The molecule has 0 fully saturated rings. The van der Waals surface area contributed by atoms with Crippen LogP contribution < -0.4 is 10.9 Å². The van der Waals surface area contributed by atoms with Crippen LogP contribution in [0.15, 0.2) is 100 Å². The summed E-state index contributed by atoms with van der Waals surface area (Å²) < 4.78 is 5.46. The molecule has 2 heterocycles. The largest absolute Gasteiger partial charge is 0.422 e. The van der Waals surface area contributed by atoms with Gasteiger partial charge >= 0.3 is 5.63 Å². The van der Waals surface area contributed by atoms with Gasteiger partial charge in [-0.3, -0.25) is 4.79 Å². The Labute approximate surface area is 215 Å². The number of nitrogens with zero attached hydrogens (tertiary/aromatic N) is 3. The SMILES string of the molecule is Cc1cc2nn(-c3ccc(Cl)cc3)nc2cc1NC(=O)c1cccc(-c2cc3ccccc3oc2=O)c1. The minimum atomic E-state index is -0.457. The summed E-state index contributed by atoms with van der Waals surface area (Å²) >= 11 is 5.98. The van der Waals surface area contributed by atoms with Crippen LogP contribution in [0.1, 0.15) is 15.9 Å². The fourth-order valence-corrected chi connectivity index (χ4v) is 4.30. The smallest absolute Gasteiger partial charge is 0.344 e. The second kappa shape index (κ2) is 9.04. The molecular weight excluding hydrogens is 488 g/mol. The van der Waals surface area contributed by atoms with Gasteiger partial charge in [0.05, 0.1) is 11.3 Å². The Morgan fingerprint density at radius 1 is 0.892 bits per heavy atom. The Morgan fingerprint density at radius 3 is 2.46 bits per heavy atom. The van der Waals surface area contributed by atoms with Crippen molar-refractivity contribution in [3.05, 3.63) is 118 Å². The molecule has 7 nitrogen and oxygen atoms in total. The van der Waals surface area contributed by atoms with Crippen molar-refractivity contribution < 1.29 is 9.21 Å². The number of halogens is 1. The molecule has 0 saturated heterocycles. The van der Waals surface area contributed by atoms with E-state index >= 15 is 0 Å². The van der Waals surface area contributed by atoms with Gasteiger partial charge in [-0.15, -0.1) is 10.2 Å². The minimum absolute atomic E-state index is 0.306. The highest BCUT2D eigenvalue weighted by Gasteiger charge is 2.14. The number of anilines is 1. The molecule has 0 unspecified atom stereocenters. The normalized spacial score (nSPS) is 11.2. The van der Waals surface area contributed by atoms with Crippen molar-refractivity contribution in [1.29, 1.82) is 0 Å². The Kier molecular flexibility index (Phi) is 5.54. The number of hydrogen-bond donors (Lipinski definition) is 1. The lowest BCUT2D eigenvalue weighted by atomic mass is 10.0. The van der Waals surface area contributed by atoms with Crippen LogP contribution in [0.4, 0.5) is 5.69 Å². The maximum atomic E-state index is 13.2. The Hall–Kier alpha value is -4.75. The van der Waals surface area contributed by atoms with Gasteiger partial charge in [0.25, 0.3) is 5.91 Å². The lowest BCUT2D eigenvalue weighted by Crippen LogP contribution is -2.13. The van der Waals surface area contributed by atoms with Crippen LogP contribution in [0.2, 0.25) is 5.02 Å². The lowest BCUT2D eigenvalue weighted by molar-refractivity contribution is 0.102. The van der Waals surface area contributed by atoms with Crippen LogP contribution in [0.3, 0.4) is 0 Å². The number of carbonyl (C=O) groups excluding carboxylic acids is 1. The van der Waals surface area contributed by atoms with Gasteiger partial charge in [-0.05, 0) is 78.7 Å². The summed E-state index contributed by atoms with van der Waals surface area (Å²) in [6.45, 7) is 1.90. The van der Waals surface area contributed by atoms with E-state index in [1.54, 1.807) is 54.6 Å². The van der Waals surface area contributed by atoms with Crippen molar-refractivity contribution in [1.82, 2.24) is 15.0 Å². The Morgan fingerprint density at radius 2 is 1.65 bits per heavy atom. The van der Waals surface area contributed by atoms with Crippen molar-refractivity contribution in [2.75, 3.05) is 5.32 Å². The van der Waals surface area contributed by atoms with E-state index in [0.717, 1.165) is 16.6 Å². The molecule has 0 atom stereocenters. The first-order chi connectivity index (χ1) is 17.9. The summed E-state index contributed by atoms with van der Waals surface area (Å²) in [5, 5.41) is 13.5. The number of aromatic nitrogens is 3. The number of amides is 1. The van der Waals surface area contributed by atoms with Crippen molar-refractivity contribution >= 4 is 45.2 Å². The molecule has 0 bridgehead atoms. The summed E-state index contributed by atoms with van der Waals surface area (Å²) in [5.41, 5.74) is 5.05. The first kappa shape index (κ1) is 22.7. The monoisotopic (exact) mass is 506 g/mol. The lowest BCUT2D eigenvalue weighted by Gasteiger charge is -2.09. The van der Waals surface area contributed by atoms with E-state index in [2.05, 4.69) is 15.5 Å².